The van der Waals surface area contributed by atoms with Crippen molar-refractivity contribution in [3.8, 4) is 0 Å². The third-order valence-corrected chi connectivity index (χ3v) is 3.25. The summed E-state index contributed by atoms with van der Waals surface area (Å²) in [6.07, 6.45) is 3.53. The molecule has 86 valence electrons. The third-order valence-electron chi connectivity index (χ3n) is 3.01. The Labute approximate surface area is 101 Å². The maximum Gasteiger partial charge on any atom is 0.124 e. The summed E-state index contributed by atoms with van der Waals surface area (Å²) in [7, 11) is 2.02. The summed E-state index contributed by atoms with van der Waals surface area (Å²) in [4.78, 5) is 4.61. The predicted molar refractivity (Wildman–Crippen MR) is 68.9 cm³/mol. The Balaban J connectivity index is 2.50. The number of halogens is 1. The van der Waals surface area contributed by atoms with E-state index in [1.54, 1.807) is 0 Å². The van der Waals surface area contributed by atoms with Gasteiger partial charge in [0.15, 0.2) is 0 Å². The molecule has 0 unspecified atom stereocenters. The van der Waals surface area contributed by atoms with E-state index < -0.39 is 0 Å². The lowest BCUT2D eigenvalue weighted by molar-refractivity contribution is 0.798. The molecular weight excluding hydrogens is 220 g/mol. The molecule has 2 rings (SSSR count). The van der Waals surface area contributed by atoms with E-state index >= 15 is 0 Å². The summed E-state index contributed by atoms with van der Waals surface area (Å²) in [5, 5.41) is 0. The first-order chi connectivity index (χ1) is 7.77. The molecule has 0 bridgehead atoms. The van der Waals surface area contributed by atoms with E-state index in [0.717, 1.165) is 17.8 Å². The lowest BCUT2D eigenvalue weighted by atomic mass is 10.1. The summed E-state index contributed by atoms with van der Waals surface area (Å²) in [6.45, 7) is 2.21. The number of para-hydroxylation sites is 1. The fraction of sp³-hybridized carbons (Fsp3) is 0.462. The standard InChI is InChI=1S/C13H17ClN2/c1-3-4-6-10-7-5-8-11-13(10)15-12(9-14)16(11)2/h5,7-8H,3-4,6,9H2,1-2H3. The minimum atomic E-state index is 0.471. The highest BCUT2D eigenvalue weighted by atomic mass is 35.5. The van der Waals surface area contributed by atoms with E-state index in [0.29, 0.717) is 5.88 Å². The lowest BCUT2D eigenvalue weighted by Gasteiger charge is -2.01. The Morgan fingerprint density at radius 2 is 2.19 bits per heavy atom. The molecule has 0 atom stereocenters. The van der Waals surface area contributed by atoms with Crippen LogP contribution < -0.4 is 0 Å². The van der Waals surface area contributed by atoms with Crippen molar-refractivity contribution in [2.45, 2.75) is 32.1 Å². The zero-order valence-corrected chi connectivity index (χ0v) is 10.6. The molecule has 16 heavy (non-hydrogen) atoms. The van der Waals surface area contributed by atoms with Gasteiger partial charge in [-0.15, -0.1) is 11.6 Å². The summed E-state index contributed by atoms with van der Waals surface area (Å²) in [6, 6.07) is 6.38. The normalized spacial score (nSPS) is 11.2. The summed E-state index contributed by atoms with van der Waals surface area (Å²) in [5.41, 5.74) is 3.64. The number of rotatable bonds is 4. The first kappa shape index (κ1) is 11.5. The Hall–Kier alpha value is -1.02. The maximum atomic E-state index is 5.88. The van der Waals surface area contributed by atoms with Gasteiger partial charge in [-0.05, 0) is 24.5 Å². The minimum Gasteiger partial charge on any atom is -0.330 e. The van der Waals surface area contributed by atoms with Gasteiger partial charge in [0, 0.05) is 7.05 Å². The van der Waals surface area contributed by atoms with Crippen molar-refractivity contribution in [3.63, 3.8) is 0 Å². The van der Waals surface area contributed by atoms with Crippen LogP contribution in [0.1, 0.15) is 31.2 Å². The zero-order chi connectivity index (χ0) is 11.5. The van der Waals surface area contributed by atoms with Gasteiger partial charge in [-0.3, -0.25) is 0 Å². The molecule has 0 aliphatic rings. The van der Waals surface area contributed by atoms with Crippen LogP contribution in [0.5, 0.6) is 0 Å². The van der Waals surface area contributed by atoms with Crippen molar-refractivity contribution in [2.24, 2.45) is 7.05 Å². The Morgan fingerprint density at radius 1 is 1.38 bits per heavy atom. The van der Waals surface area contributed by atoms with Crippen LogP contribution in [0.3, 0.4) is 0 Å². The number of benzene rings is 1. The van der Waals surface area contributed by atoms with Gasteiger partial charge in [-0.25, -0.2) is 4.98 Å². The highest BCUT2D eigenvalue weighted by Crippen LogP contribution is 2.21. The highest BCUT2D eigenvalue weighted by molar-refractivity contribution is 6.16. The van der Waals surface area contributed by atoms with Crippen molar-refractivity contribution >= 4 is 22.6 Å². The van der Waals surface area contributed by atoms with Crippen molar-refractivity contribution in [2.75, 3.05) is 0 Å². The molecule has 0 saturated carbocycles. The molecule has 2 nitrogen and oxygen atoms in total. The second-order valence-corrected chi connectivity index (χ2v) is 4.38. The molecule has 1 aromatic carbocycles. The number of nitrogens with zero attached hydrogens (tertiary/aromatic N) is 2. The number of aryl methyl sites for hydroxylation is 2. The summed E-state index contributed by atoms with van der Waals surface area (Å²) in [5.74, 6) is 1.42. The van der Waals surface area contributed by atoms with E-state index in [2.05, 4.69) is 34.7 Å². The quantitative estimate of drug-likeness (QED) is 0.741. The van der Waals surface area contributed by atoms with Crippen LogP contribution in [0.2, 0.25) is 0 Å². The topological polar surface area (TPSA) is 17.8 Å². The first-order valence-electron chi connectivity index (χ1n) is 5.77. The first-order valence-corrected chi connectivity index (χ1v) is 6.30. The van der Waals surface area contributed by atoms with E-state index in [4.69, 9.17) is 11.6 Å². The minimum absolute atomic E-state index is 0.471. The number of imidazole rings is 1. The second-order valence-electron chi connectivity index (χ2n) is 4.11. The number of fused-ring (bicyclic) bond motifs is 1. The molecule has 3 heteroatoms. The smallest absolute Gasteiger partial charge is 0.124 e. The molecule has 1 aromatic heterocycles. The molecule has 0 fully saturated rings. The molecule has 0 saturated heterocycles. The summed E-state index contributed by atoms with van der Waals surface area (Å²) < 4.78 is 2.08. The number of hydrogen-bond acceptors (Lipinski definition) is 1. The van der Waals surface area contributed by atoms with Crippen LogP contribution in [0, 0.1) is 0 Å². The average Bonchev–Trinajstić information content (AvgIpc) is 2.64. The molecule has 1 heterocycles. The fourth-order valence-corrected chi connectivity index (χ4v) is 2.25. The number of hydrogen-bond donors (Lipinski definition) is 0. The van der Waals surface area contributed by atoms with Crippen molar-refractivity contribution in [1.82, 2.24) is 9.55 Å². The van der Waals surface area contributed by atoms with E-state index in [-0.39, 0.29) is 0 Å². The van der Waals surface area contributed by atoms with Crippen LogP contribution in [0.15, 0.2) is 18.2 Å². The second kappa shape index (κ2) is 4.88. The van der Waals surface area contributed by atoms with Crippen LogP contribution in [-0.2, 0) is 19.3 Å². The molecule has 0 aliphatic carbocycles. The number of alkyl halides is 1. The Bertz CT molecular complexity index is 488. The molecular formula is C13H17ClN2. The largest absolute Gasteiger partial charge is 0.330 e. The highest BCUT2D eigenvalue weighted by Gasteiger charge is 2.09. The maximum absolute atomic E-state index is 5.88. The SMILES string of the molecule is CCCCc1cccc2c1nc(CCl)n2C. The van der Waals surface area contributed by atoms with Crippen molar-refractivity contribution < 1.29 is 0 Å². The number of aromatic nitrogens is 2. The molecule has 0 spiro atoms. The van der Waals surface area contributed by atoms with Gasteiger partial charge >= 0.3 is 0 Å². The van der Waals surface area contributed by atoms with Gasteiger partial charge in [-0.1, -0.05) is 25.5 Å². The van der Waals surface area contributed by atoms with Crippen LogP contribution in [0.25, 0.3) is 11.0 Å². The molecule has 0 aliphatic heterocycles. The van der Waals surface area contributed by atoms with Crippen LogP contribution in [0.4, 0.5) is 0 Å². The van der Waals surface area contributed by atoms with Crippen LogP contribution >= 0.6 is 11.6 Å². The number of unbranched alkanes of at least 4 members (excludes halogenated alkanes) is 1. The van der Waals surface area contributed by atoms with E-state index in [9.17, 15) is 0 Å². The predicted octanol–water partition coefficient (Wildman–Crippen LogP) is 3.65. The monoisotopic (exact) mass is 236 g/mol. The lowest BCUT2D eigenvalue weighted by Crippen LogP contribution is -1.93. The third kappa shape index (κ3) is 1.94. The van der Waals surface area contributed by atoms with E-state index in [1.807, 2.05) is 7.05 Å². The average molecular weight is 237 g/mol. The fourth-order valence-electron chi connectivity index (χ4n) is 2.01. The Kier molecular flexibility index (Phi) is 3.49. The van der Waals surface area contributed by atoms with Crippen LogP contribution in [-0.4, -0.2) is 9.55 Å². The van der Waals surface area contributed by atoms with Crippen molar-refractivity contribution in [1.29, 1.82) is 0 Å². The van der Waals surface area contributed by atoms with E-state index in [1.165, 1.54) is 23.9 Å². The van der Waals surface area contributed by atoms with Gasteiger partial charge in [0.1, 0.15) is 5.82 Å². The molecule has 0 amide bonds. The molecule has 0 radical (unpaired) electrons. The molecule has 0 N–H and O–H groups in total. The Morgan fingerprint density at radius 3 is 2.88 bits per heavy atom. The van der Waals surface area contributed by atoms with Gasteiger partial charge in [0.05, 0.1) is 16.9 Å². The molecule has 2 aromatic rings. The van der Waals surface area contributed by atoms with Crippen molar-refractivity contribution in [3.05, 3.63) is 29.6 Å². The summed E-state index contributed by atoms with van der Waals surface area (Å²) >= 11 is 5.88. The van der Waals surface area contributed by atoms with Gasteiger partial charge in [0.25, 0.3) is 0 Å². The van der Waals surface area contributed by atoms with Gasteiger partial charge in [-0.2, -0.15) is 0 Å². The zero-order valence-electron chi connectivity index (χ0n) is 9.83. The van der Waals surface area contributed by atoms with Gasteiger partial charge in [0.2, 0.25) is 0 Å². The van der Waals surface area contributed by atoms with Gasteiger partial charge < -0.3 is 4.57 Å².